The normalized spacial score (nSPS) is 18.1. The van der Waals surface area contributed by atoms with Gasteiger partial charge in [0.25, 0.3) is 0 Å². The van der Waals surface area contributed by atoms with Gasteiger partial charge in [-0.1, -0.05) is 6.07 Å². The molecular formula is C23H28N8O. The van der Waals surface area contributed by atoms with Crippen LogP contribution < -0.4 is 4.90 Å². The zero-order valence-electron chi connectivity index (χ0n) is 18.1. The maximum Gasteiger partial charge on any atom is 0.225 e. The highest BCUT2D eigenvalue weighted by Gasteiger charge is 2.31. The summed E-state index contributed by atoms with van der Waals surface area (Å²) >= 11 is 0. The van der Waals surface area contributed by atoms with Gasteiger partial charge in [0.1, 0.15) is 24.3 Å². The van der Waals surface area contributed by atoms with Crippen LogP contribution in [-0.2, 0) is 11.3 Å². The van der Waals surface area contributed by atoms with Crippen molar-refractivity contribution in [1.29, 1.82) is 0 Å². The average Bonchev–Trinajstić information content (AvgIpc) is 3.40. The van der Waals surface area contributed by atoms with Crippen LogP contribution in [0.5, 0.6) is 0 Å². The van der Waals surface area contributed by atoms with E-state index >= 15 is 0 Å². The van der Waals surface area contributed by atoms with Crippen molar-refractivity contribution in [3.63, 3.8) is 0 Å². The van der Waals surface area contributed by atoms with E-state index in [4.69, 9.17) is 0 Å². The van der Waals surface area contributed by atoms with E-state index < -0.39 is 0 Å². The van der Waals surface area contributed by atoms with Crippen molar-refractivity contribution in [2.24, 2.45) is 5.92 Å². The lowest BCUT2D eigenvalue weighted by atomic mass is 9.95. The van der Waals surface area contributed by atoms with Gasteiger partial charge in [-0.3, -0.25) is 19.2 Å². The fourth-order valence-corrected chi connectivity index (χ4v) is 4.54. The maximum atomic E-state index is 13.1. The van der Waals surface area contributed by atoms with Gasteiger partial charge >= 0.3 is 0 Å². The molecule has 2 aliphatic heterocycles. The van der Waals surface area contributed by atoms with Gasteiger partial charge < -0.3 is 9.80 Å². The number of amides is 1. The topological polar surface area (TPSA) is 83.3 Å². The summed E-state index contributed by atoms with van der Waals surface area (Å²) in [7, 11) is 0. The molecule has 2 saturated heterocycles. The van der Waals surface area contributed by atoms with Gasteiger partial charge in [0, 0.05) is 82.6 Å². The summed E-state index contributed by atoms with van der Waals surface area (Å²) in [5, 5.41) is 0. The molecule has 32 heavy (non-hydrogen) atoms. The Bertz CT molecular complexity index is 1010. The molecule has 0 atom stereocenters. The van der Waals surface area contributed by atoms with Crippen LogP contribution in [-0.4, -0.2) is 79.5 Å². The Morgan fingerprint density at radius 2 is 1.78 bits per heavy atom. The molecule has 1 amide bonds. The fourth-order valence-electron chi connectivity index (χ4n) is 4.54. The molecule has 0 aliphatic carbocycles. The maximum absolute atomic E-state index is 13.1. The number of anilines is 1. The number of piperazine rings is 1. The van der Waals surface area contributed by atoms with E-state index in [0.29, 0.717) is 5.91 Å². The Morgan fingerprint density at radius 3 is 2.50 bits per heavy atom. The van der Waals surface area contributed by atoms with Gasteiger partial charge in [-0.05, 0) is 24.5 Å². The monoisotopic (exact) mass is 432 g/mol. The Morgan fingerprint density at radius 1 is 0.969 bits per heavy atom. The van der Waals surface area contributed by atoms with Crippen molar-refractivity contribution in [3.8, 4) is 5.82 Å². The number of aromatic nitrogens is 5. The predicted octanol–water partition coefficient (Wildman–Crippen LogP) is 1.62. The Hall–Kier alpha value is -3.33. The Kier molecular flexibility index (Phi) is 6.06. The Balaban J connectivity index is 1.12. The summed E-state index contributed by atoms with van der Waals surface area (Å²) in [5.74, 6) is 2.12. The number of imidazole rings is 1. The van der Waals surface area contributed by atoms with Gasteiger partial charge in [-0.25, -0.2) is 15.0 Å². The molecule has 0 radical (unpaired) electrons. The highest BCUT2D eigenvalue weighted by atomic mass is 16.2. The molecule has 0 unspecified atom stereocenters. The third kappa shape index (κ3) is 4.62. The lowest BCUT2D eigenvalue weighted by molar-refractivity contribution is -0.138. The van der Waals surface area contributed by atoms with E-state index in [2.05, 4.69) is 40.7 Å². The molecule has 0 N–H and O–H groups in total. The standard InChI is InChI=1S/C23H28N8O/c32-23(30-12-10-28(11-13-30)16-19-2-1-5-24-15-19)20-3-7-29(8-4-20)21-14-22(27-17-26-21)31-9-6-25-18-31/h1-2,5-6,9,14-15,17-18,20H,3-4,7-8,10-13,16H2. The number of rotatable bonds is 5. The van der Waals surface area contributed by atoms with E-state index in [1.165, 1.54) is 5.56 Å². The SMILES string of the molecule is O=C(C1CCN(c2cc(-n3ccnc3)ncn2)CC1)N1CCN(Cc2cccnc2)CC1. The smallest absolute Gasteiger partial charge is 0.225 e. The second kappa shape index (κ2) is 9.44. The first-order valence-electron chi connectivity index (χ1n) is 11.2. The van der Waals surface area contributed by atoms with E-state index in [0.717, 1.165) is 70.3 Å². The van der Waals surface area contributed by atoms with Crippen LogP contribution in [0.25, 0.3) is 5.82 Å². The van der Waals surface area contributed by atoms with Crippen molar-refractivity contribution < 1.29 is 4.79 Å². The summed E-state index contributed by atoms with van der Waals surface area (Å²) in [5.41, 5.74) is 1.22. The highest BCUT2D eigenvalue weighted by molar-refractivity contribution is 5.79. The number of carbonyl (C=O) groups is 1. The summed E-state index contributed by atoms with van der Waals surface area (Å²) in [6.45, 7) is 6.00. The van der Waals surface area contributed by atoms with Crippen molar-refractivity contribution in [2.45, 2.75) is 19.4 Å². The number of hydrogen-bond donors (Lipinski definition) is 0. The second-order valence-electron chi connectivity index (χ2n) is 8.43. The molecule has 5 rings (SSSR count). The van der Waals surface area contributed by atoms with Crippen molar-refractivity contribution in [1.82, 2.24) is 34.3 Å². The summed E-state index contributed by atoms with van der Waals surface area (Å²) in [4.78, 5) is 36.9. The van der Waals surface area contributed by atoms with Crippen molar-refractivity contribution in [2.75, 3.05) is 44.2 Å². The molecule has 0 saturated carbocycles. The van der Waals surface area contributed by atoms with Crippen LogP contribution in [0.1, 0.15) is 18.4 Å². The number of piperidine rings is 1. The number of pyridine rings is 1. The molecule has 9 nitrogen and oxygen atoms in total. The number of carbonyl (C=O) groups excluding carboxylic acids is 1. The minimum atomic E-state index is 0.103. The van der Waals surface area contributed by atoms with E-state index in [1.54, 1.807) is 25.0 Å². The molecular weight excluding hydrogens is 404 g/mol. The minimum Gasteiger partial charge on any atom is -0.356 e. The van der Waals surface area contributed by atoms with E-state index in [-0.39, 0.29) is 5.92 Å². The first-order chi connectivity index (χ1) is 15.8. The average molecular weight is 433 g/mol. The summed E-state index contributed by atoms with van der Waals surface area (Å²) in [6, 6.07) is 6.06. The second-order valence-corrected chi connectivity index (χ2v) is 8.43. The van der Waals surface area contributed by atoms with E-state index in [9.17, 15) is 4.79 Å². The molecule has 0 bridgehead atoms. The van der Waals surface area contributed by atoms with Gasteiger partial charge in [0.2, 0.25) is 5.91 Å². The lowest BCUT2D eigenvalue weighted by Gasteiger charge is -2.38. The van der Waals surface area contributed by atoms with Crippen LogP contribution in [0.3, 0.4) is 0 Å². The molecule has 0 spiro atoms. The number of hydrogen-bond acceptors (Lipinski definition) is 7. The molecule has 3 aromatic heterocycles. The van der Waals surface area contributed by atoms with Crippen molar-refractivity contribution in [3.05, 3.63) is 61.2 Å². The molecule has 5 heterocycles. The summed E-state index contributed by atoms with van der Waals surface area (Å²) in [6.07, 6.45) is 12.4. The molecule has 3 aromatic rings. The Labute approximate surface area is 187 Å². The van der Waals surface area contributed by atoms with Gasteiger partial charge in [0.15, 0.2) is 0 Å². The fraction of sp³-hybridized carbons (Fsp3) is 0.435. The minimum absolute atomic E-state index is 0.103. The first-order valence-corrected chi connectivity index (χ1v) is 11.2. The zero-order chi connectivity index (χ0) is 21.8. The predicted molar refractivity (Wildman–Crippen MR) is 120 cm³/mol. The molecule has 0 aromatic carbocycles. The molecule has 9 heteroatoms. The molecule has 166 valence electrons. The summed E-state index contributed by atoms with van der Waals surface area (Å²) < 4.78 is 1.87. The zero-order valence-corrected chi connectivity index (χ0v) is 18.1. The molecule has 2 fully saturated rings. The van der Waals surface area contributed by atoms with E-state index in [1.807, 2.05) is 29.1 Å². The van der Waals surface area contributed by atoms with Crippen LogP contribution in [0.2, 0.25) is 0 Å². The number of nitrogens with zero attached hydrogens (tertiary/aromatic N) is 8. The lowest BCUT2D eigenvalue weighted by Crippen LogP contribution is -2.51. The van der Waals surface area contributed by atoms with Crippen LogP contribution in [0.15, 0.2) is 55.6 Å². The largest absolute Gasteiger partial charge is 0.356 e. The van der Waals surface area contributed by atoms with Gasteiger partial charge in [-0.15, -0.1) is 0 Å². The van der Waals surface area contributed by atoms with Crippen molar-refractivity contribution >= 4 is 11.7 Å². The third-order valence-electron chi connectivity index (χ3n) is 6.39. The van der Waals surface area contributed by atoms with Gasteiger partial charge in [-0.2, -0.15) is 0 Å². The molecule has 2 aliphatic rings. The van der Waals surface area contributed by atoms with Crippen LogP contribution in [0.4, 0.5) is 5.82 Å². The van der Waals surface area contributed by atoms with Gasteiger partial charge in [0.05, 0.1) is 0 Å². The van der Waals surface area contributed by atoms with Crippen LogP contribution >= 0.6 is 0 Å². The third-order valence-corrected chi connectivity index (χ3v) is 6.39. The highest BCUT2D eigenvalue weighted by Crippen LogP contribution is 2.24. The first kappa shape index (κ1) is 20.6. The quantitative estimate of drug-likeness (QED) is 0.606. The van der Waals surface area contributed by atoms with Crippen LogP contribution in [0, 0.1) is 5.92 Å².